The zero-order valence-corrected chi connectivity index (χ0v) is 11.9. The molecule has 0 spiro atoms. The lowest BCUT2D eigenvalue weighted by Crippen LogP contribution is -2.23. The lowest BCUT2D eigenvalue weighted by atomic mass is 10.0. The van der Waals surface area contributed by atoms with Crippen molar-refractivity contribution < 1.29 is 9.53 Å². The number of methoxy groups -OCH3 is 1. The van der Waals surface area contributed by atoms with Gasteiger partial charge in [-0.05, 0) is 19.8 Å². The first-order valence-electron chi connectivity index (χ1n) is 5.81. The number of anilines is 1. The van der Waals surface area contributed by atoms with Crippen LogP contribution in [0.3, 0.4) is 0 Å². The van der Waals surface area contributed by atoms with Crippen LogP contribution >= 0.6 is 11.3 Å². The Balaban J connectivity index is 2.77. The average molecular weight is 256 g/mol. The molecule has 1 rings (SSSR count). The Morgan fingerprint density at radius 1 is 1.53 bits per heavy atom. The molecular weight excluding hydrogens is 236 g/mol. The molecule has 4 nitrogen and oxygen atoms in total. The Morgan fingerprint density at radius 3 is 2.71 bits per heavy atom. The maximum absolute atomic E-state index is 11.4. The smallest absolute Gasteiger partial charge is 0.357 e. The molecule has 5 heteroatoms. The maximum Gasteiger partial charge on any atom is 0.357 e. The highest BCUT2D eigenvalue weighted by atomic mass is 32.1. The van der Waals surface area contributed by atoms with Crippen LogP contribution in [0.2, 0.25) is 0 Å². The number of esters is 1. The van der Waals surface area contributed by atoms with Gasteiger partial charge in [0.05, 0.1) is 7.11 Å². The molecule has 0 amide bonds. The first-order chi connectivity index (χ1) is 7.99. The van der Waals surface area contributed by atoms with Crippen molar-refractivity contribution >= 4 is 22.4 Å². The van der Waals surface area contributed by atoms with Gasteiger partial charge in [0.15, 0.2) is 10.8 Å². The second-order valence-electron chi connectivity index (χ2n) is 4.23. The van der Waals surface area contributed by atoms with Gasteiger partial charge in [-0.2, -0.15) is 0 Å². The minimum absolute atomic E-state index is 0.344. The normalized spacial score (nSPS) is 14.2. The van der Waals surface area contributed by atoms with Gasteiger partial charge in [-0.25, -0.2) is 9.78 Å². The number of rotatable bonds is 5. The number of nitrogens with one attached hydrogen (secondary N) is 1. The summed E-state index contributed by atoms with van der Waals surface area (Å²) in [5.41, 5.74) is 0.413. The van der Waals surface area contributed by atoms with E-state index in [0.29, 0.717) is 17.7 Å². The van der Waals surface area contributed by atoms with Gasteiger partial charge in [0.1, 0.15) is 0 Å². The zero-order valence-electron chi connectivity index (χ0n) is 11.0. The van der Waals surface area contributed by atoms with Crippen molar-refractivity contribution in [3.05, 3.63) is 10.6 Å². The first kappa shape index (κ1) is 14.0. The minimum atomic E-state index is -0.372. The van der Waals surface area contributed by atoms with Crippen LogP contribution in [0.15, 0.2) is 0 Å². The molecule has 96 valence electrons. The highest BCUT2D eigenvalue weighted by molar-refractivity contribution is 7.15. The lowest BCUT2D eigenvalue weighted by Gasteiger charge is -2.18. The van der Waals surface area contributed by atoms with Gasteiger partial charge in [-0.3, -0.25) is 0 Å². The van der Waals surface area contributed by atoms with E-state index < -0.39 is 0 Å². The summed E-state index contributed by atoms with van der Waals surface area (Å²) in [6.07, 6.45) is 1.11. The molecular formula is C12H20N2O2S. The van der Waals surface area contributed by atoms with E-state index in [-0.39, 0.29) is 5.97 Å². The van der Waals surface area contributed by atoms with Crippen molar-refractivity contribution in [3.8, 4) is 0 Å². The number of thiazole rings is 1. The fraction of sp³-hybridized carbons (Fsp3) is 0.667. The Bertz CT molecular complexity index is 390. The van der Waals surface area contributed by atoms with Gasteiger partial charge < -0.3 is 10.1 Å². The molecule has 17 heavy (non-hydrogen) atoms. The van der Waals surface area contributed by atoms with Gasteiger partial charge in [-0.15, -0.1) is 11.3 Å². The molecule has 1 aromatic heterocycles. The maximum atomic E-state index is 11.4. The Hall–Kier alpha value is -1.10. The Kier molecular flexibility index (Phi) is 4.93. The van der Waals surface area contributed by atoms with Gasteiger partial charge in [0.25, 0.3) is 0 Å². The molecule has 1 aromatic rings. The zero-order chi connectivity index (χ0) is 13.0. The third kappa shape index (κ3) is 3.43. The predicted octanol–water partition coefficient (Wildman–Crippen LogP) is 3.08. The topological polar surface area (TPSA) is 51.2 Å². The van der Waals surface area contributed by atoms with Gasteiger partial charge in [0.2, 0.25) is 0 Å². The summed E-state index contributed by atoms with van der Waals surface area (Å²) in [5.74, 6) is 0.198. The molecule has 0 aliphatic heterocycles. The SMILES string of the molecule is CCC(C)C(C)Nc1nc(C(=O)OC)c(C)s1. The second-order valence-corrected chi connectivity index (χ2v) is 5.44. The monoisotopic (exact) mass is 256 g/mol. The number of carbonyl (C=O) groups excluding carboxylic acids is 1. The molecule has 0 saturated heterocycles. The van der Waals surface area contributed by atoms with Gasteiger partial charge in [-0.1, -0.05) is 20.3 Å². The van der Waals surface area contributed by atoms with E-state index in [0.717, 1.165) is 16.4 Å². The van der Waals surface area contributed by atoms with Gasteiger partial charge in [0, 0.05) is 10.9 Å². The van der Waals surface area contributed by atoms with Crippen LogP contribution < -0.4 is 5.32 Å². The van der Waals surface area contributed by atoms with Crippen molar-refractivity contribution in [1.29, 1.82) is 0 Å². The number of aryl methyl sites for hydroxylation is 1. The van der Waals surface area contributed by atoms with E-state index in [1.165, 1.54) is 18.4 Å². The summed E-state index contributed by atoms with van der Waals surface area (Å²) in [6.45, 7) is 8.36. The second kappa shape index (κ2) is 6.00. The Morgan fingerprint density at radius 2 is 2.18 bits per heavy atom. The summed E-state index contributed by atoms with van der Waals surface area (Å²) in [7, 11) is 1.37. The third-order valence-corrected chi connectivity index (χ3v) is 3.93. The van der Waals surface area contributed by atoms with Crippen LogP contribution in [-0.2, 0) is 4.74 Å². The molecule has 2 atom stereocenters. The number of carbonyl (C=O) groups is 1. The van der Waals surface area contributed by atoms with Crippen molar-refractivity contribution in [2.24, 2.45) is 5.92 Å². The largest absolute Gasteiger partial charge is 0.464 e. The standard InChI is InChI=1S/C12H20N2O2S/c1-6-7(2)8(3)13-12-14-10(9(4)17-12)11(15)16-5/h7-8H,6H2,1-5H3,(H,13,14). The van der Waals surface area contributed by atoms with E-state index >= 15 is 0 Å². The highest BCUT2D eigenvalue weighted by Crippen LogP contribution is 2.24. The summed E-state index contributed by atoms with van der Waals surface area (Å²) >= 11 is 1.49. The predicted molar refractivity (Wildman–Crippen MR) is 70.7 cm³/mol. The molecule has 2 unspecified atom stereocenters. The molecule has 1 N–H and O–H groups in total. The van der Waals surface area contributed by atoms with E-state index in [4.69, 9.17) is 0 Å². The van der Waals surface area contributed by atoms with Crippen LogP contribution in [0.1, 0.15) is 42.6 Å². The van der Waals surface area contributed by atoms with E-state index in [9.17, 15) is 4.79 Å². The van der Waals surface area contributed by atoms with E-state index in [1.54, 1.807) is 0 Å². The molecule has 0 saturated carbocycles. The highest BCUT2D eigenvalue weighted by Gasteiger charge is 2.17. The minimum Gasteiger partial charge on any atom is -0.464 e. The number of ether oxygens (including phenoxy) is 1. The first-order valence-corrected chi connectivity index (χ1v) is 6.63. The fourth-order valence-corrected chi connectivity index (χ4v) is 2.33. The summed E-state index contributed by atoms with van der Waals surface area (Å²) in [6, 6.07) is 0.344. The summed E-state index contributed by atoms with van der Waals surface area (Å²) in [5, 5.41) is 4.12. The van der Waals surface area contributed by atoms with Crippen molar-refractivity contribution in [3.63, 3.8) is 0 Å². The molecule has 0 aliphatic rings. The Labute approximate surface area is 106 Å². The number of nitrogens with zero attached hydrogens (tertiary/aromatic N) is 1. The summed E-state index contributed by atoms with van der Waals surface area (Å²) in [4.78, 5) is 16.6. The molecule has 0 radical (unpaired) electrons. The molecule has 1 heterocycles. The third-order valence-electron chi connectivity index (χ3n) is 3.02. The molecule has 0 aromatic carbocycles. The van der Waals surface area contributed by atoms with E-state index in [2.05, 4.69) is 35.8 Å². The average Bonchev–Trinajstić information content (AvgIpc) is 2.67. The number of hydrogen-bond donors (Lipinski definition) is 1. The number of hydrogen-bond acceptors (Lipinski definition) is 5. The quantitative estimate of drug-likeness (QED) is 0.823. The van der Waals surface area contributed by atoms with Crippen LogP contribution in [0.25, 0.3) is 0 Å². The van der Waals surface area contributed by atoms with Gasteiger partial charge >= 0.3 is 5.97 Å². The fourth-order valence-electron chi connectivity index (χ4n) is 1.43. The van der Waals surface area contributed by atoms with Crippen LogP contribution in [0, 0.1) is 12.8 Å². The molecule has 0 bridgehead atoms. The van der Waals surface area contributed by atoms with E-state index in [1.807, 2.05) is 6.92 Å². The van der Waals surface area contributed by atoms with Crippen molar-refractivity contribution in [1.82, 2.24) is 4.98 Å². The van der Waals surface area contributed by atoms with Crippen LogP contribution in [0.5, 0.6) is 0 Å². The molecule has 0 aliphatic carbocycles. The van der Waals surface area contributed by atoms with Crippen molar-refractivity contribution in [2.75, 3.05) is 12.4 Å². The molecule has 0 fully saturated rings. The lowest BCUT2D eigenvalue weighted by molar-refractivity contribution is 0.0594. The summed E-state index contributed by atoms with van der Waals surface area (Å²) < 4.78 is 4.68. The van der Waals surface area contributed by atoms with Crippen LogP contribution in [-0.4, -0.2) is 24.1 Å². The number of aromatic nitrogens is 1. The van der Waals surface area contributed by atoms with Crippen molar-refractivity contribution in [2.45, 2.75) is 40.2 Å². The van der Waals surface area contributed by atoms with Crippen LogP contribution in [0.4, 0.5) is 5.13 Å².